The highest BCUT2D eigenvalue weighted by molar-refractivity contribution is 7.15. The molecule has 1 aromatic heterocycles. The average molecular weight is 427 g/mol. The molecule has 0 radical (unpaired) electrons. The van der Waals surface area contributed by atoms with Crippen LogP contribution in [-0.2, 0) is 4.74 Å². The van der Waals surface area contributed by atoms with Crippen molar-refractivity contribution in [2.45, 2.75) is 20.3 Å². The van der Waals surface area contributed by atoms with E-state index in [0.717, 1.165) is 23.8 Å². The van der Waals surface area contributed by atoms with Crippen LogP contribution in [0.5, 0.6) is 5.75 Å². The van der Waals surface area contributed by atoms with Gasteiger partial charge in [-0.05, 0) is 49.2 Å². The topological polar surface area (TPSA) is 64.6 Å². The molecule has 0 saturated carbocycles. The van der Waals surface area contributed by atoms with E-state index in [1.54, 1.807) is 12.3 Å². The fourth-order valence-corrected chi connectivity index (χ4v) is 3.78. The van der Waals surface area contributed by atoms with Gasteiger partial charge in [-0.25, -0.2) is 9.18 Å². The van der Waals surface area contributed by atoms with Gasteiger partial charge in [-0.1, -0.05) is 25.1 Å². The summed E-state index contributed by atoms with van der Waals surface area (Å²) in [6.07, 6.45) is 0.910. The summed E-state index contributed by atoms with van der Waals surface area (Å²) in [6.45, 7) is 4.58. The highest BCUT2D eigenvalue weighted by Crippen LogP contribution is 2.37. The van der Waals surface area contributed by atoms with Gasteiger partial charge in [0.2, 0.25) is 0 Å². The summed E-state index contributed by atoms with van der Waals surface area (Å²) in [5.74, 6) is -0.801. The number of anilines is 1. The number of halogens is 1. The van der Waals surface area contributed by atoms with E-state index in [-0.39, 0.29) is 17.7 Å². The van der Waals surface area contributed by atoms with Gasteiger partial charge in [-0.2, -0.15) is 0 Å². The van der Waals surface area contributed by atoms with Gasteiger partial charge in [0.15, 0.2) is 0 Å². The number of carbonyl (C=O) groups excluding carboxylic acids is 2. The van der Waals surface area contributed by atoms with Crippen LogP contribution in [0.15, 0.2) is 53.9 Å². The first-order valence-corrected chi connectivity index (χ1v) is 10.5. The summed E-state index contributed by atoms with van der Waals surface area (Å²) in [4.78, 5) is 25.2. The molecule has 30 heavy (non-hydrogen) atoms. The second-order valence-corrected chi connectivity index (χ2v) is 7.29. The Bertz CT molecular complexity index is 1030. The van der Waals surface area contributed by atoms with E-state index in [9.17, 15) is 14.0 Å². The lowest BCUT2D eigenvalue weighted by Gasteiger charge is -2.10. The molecule has 2 aromatic carbocycles. The van der Waals surface area contributed by atoms with Gasteiger partial charge in [0.25, 0.3) is 5.91 Å². The van der Waals surface area contributed by atoms with Crippen molar-refractivity contribution in [1.82, 2.24) is 0 Å². The fourth-order valence-electron chi connectivity index (χ4n) is 2.82. The zero-order valence-corrected chi connectivity index (χ0v) is 17.6. The van der Waals surface area contributed by atoms with Gasteiger partial charge in [0.05, 0.1) is 13.2 Å². The zero-order valence-electron chi connectivity index (χ0n) is 16.7. The molecule has 0 aliphatic heterocycles. The Morgan fingerprint density at radius 2 is 1.87 bits per heavy atom. The number of thiophene rings is 1. The summed E-state index contributed by atoms with van der Waals surface area (Å²) in [5.41, 5.74) is 1.88. The van der Waals surface area contributed by atoms with Gasteiger partial charge in [0, 0.05) is 16.5 Å². The molecule has 7 heteroatoms. The first-order valence-electron chi connectivity index (χ1n) is 9.62. The average Bonchev–Trinajstić information content (AvgIpc) is 3.16. The lowest BCUT2D eigenvalue weighted by molar-refractivity contribution is 0.0529. The van der Waals surface area contributed by atoms with Crippen molar-refractivity contribution in [2.75, 3.05) is 18.5 Å². The largest absolute Gasteiger partial charge is 0.494 e. The Kier molecular flexibility index (Phi) is 7.19. The molecule has 3 aromatic rings. The Morgan fingerprint density at radius 1 is 1.10 bits per heavy atom. The zero-order chi connectivity index (χ0) is 21.5. The molecular weight excluding hydrogens is 405 g/mol. The Balaban J connectivity index is 1.92. The normalized spacial score (nSPS) is 10.5. The van der Waals surface area contributed by atoms with Crippen molar-refractivity contribution < 1.29 is 23.5 Å². The Hall–Kier alpha value is -3.19. The summed E-state index contributed by atoms with van der Waals surface area (Å²) >= 11 is 1.21. The van der Waals surface area contributed by atoms with E-state index in [0.29, 0.717) is 17.2 Å². The molecule has 1 amide bonds. The molecule has 3 rings (SSSR count). The quantitative estimate of drug-likeness (QED) is 0.464. The molecule has 0 atom stereocenters. The molecule has 5 nitrogen and oxygen atoms in total. The van der Waals surface area contributed by atoms with Crippen LogP contribution < -0.4 is 10.1 Å². The highest BCUT2D eigenvalue weighted by Gasteiger charge is 2.23. The van der Waals surface area contributed by atoms with Crippen molar-refractivity contribution in [3.8, 4) is 16.9 Å². The number of ether oxygens (including phenoxy) is 2. The van der Waals surface area contributed by atoms with E-state index in [1.165, 1.54) is 29.5 Å². The number of carbonyl (C=O) groups is 2. The molecule has 156 valence electrons. The predicted octanol–water partition coefficient (Wildman–Crippen LogP) is 5.77. The number of nitrogens with one attached hydrogen (secondary N) is 1. The van der Waals surface area contributed by atoms with Crippen LogP contribution >= 0.6 is 11.3 Å². The summed E-state index contributed by atoms with van der Waals surface area (Å²) in [7, 11) is 0. The third-order valence-corrected chi connectivity index (χ3v) is 5.12. The molecule has 0 aliphatic carbocycles. The maximum absolute atomic E-state index is 13.4. The van der Waals surface area contributed by atoms with Gasteiger partial charge in [0.1, 0.15) is 22.1 Å². The highest BCUT2D eigenvalue weighted by atomic mass is 32.1. The Labute approximate surface area is 178 Å². The second-order valence-electron chi connectivity index (χ2n) is 6.41. The number of hydrogen-bond donors (Lipinski definition) is 1. The van der Waals surface area contributed by atoms with E-state index in [1.807, 2.05) is 31.2 Å². The SMILES string of the molecule is CCCOc1ccc(-c2csc(NC(=O)c3cccc(F)c3)c2C(=O)OCC)cc1. The minimum atomic E-state index is -0.533. The lowest BCUT2D eigenvalue weighted by atomic mass is 10.0. The molecule has 0 unspecified atom stereocenters. The number of hydrogen-bond acceptors (Lipinski definition) is 5. The third-order valence-electron chi connectivity index (χ3n) is 4.22. The summed E-state index contributed by atoms with van der Waals surface area (Å²) < 4.78 is 24.3. The van der Waals surface area contributed by atoms with Crippen LogP contribution in [0.25, 0.3) is 11.1 Å². The smallest absolute Gasteiger partial charge is 0.341 e. The first-order chi connectivity index (χ1) is 14.5. The minimum Gasteiger partial charge on any atom is -0.494 e. The summed E-state index contributed by atoms with van der Waals surface area (Å²) in [6, 6.07) is 12.7. The van der Waals surface area contributed by atoms with E-state index in [4.69, 9.17) is 9.47 Å². The van der Waals surface area contributed by atoms with Crippen LogP contribution in [0, 0.1) is 5.82 Å². The number of benzene rings is 2. The molecule has 0 aliphatic rings. The van der Waals surface area contributed by atoms with Gasteiger partial charge in [-0.3, -0.25) is 4.79 Å². The maximum atomic E-state index is 13.4. The number of esters is 1. The molecule has 1 heterocycles. The van der Waals surface area contributed by atoms with Crippen molar-refractivity contribution in [3.05, 3.63) is 70.9 Å². The van der Waals surface area contributed by atoms with Crippen molar-refractivity contribution in [3.63, 3.8) is 0 Å². The third kappa shape index (κ3) is 5.04. The minimum absolute atomic E-state index is 0.164. The predicted molar refractivity (Wildman–Crippen MR) is 116 cm³/mol. The van der Waals surface area contributed by atoms with Crippen molar-refractivity contribution in [1.29, 1.82) is 0 Å². The second kappa shape index (κ2) is 10.0. The van der Waals surface area contributed by atoms with Crippen molar-refractivity contribution >= 4 is 28.2 Å². The molecule has 1 N–H and O–H groups in total. The van der Waals surface area contributed by atoms with Crippen LogP contribution in [0.2, 0.25) is 0 Å². The van der Waals surface area contributed by atoms with Crippen LogP contribution in [0.3, 0.4) is 0 Å². The van der Waals surface area contributed by atoms with Gasteiger partial charge >= 0.3 is 5.97 Å². The number of amides is 1. The maximum Gasteiger partial charge on any atom is 0.341 e. The van der Waals surface area contributed by atoms with Crippen molar-refractivity contribution in [2.24, 2.45) is 0 Å². The van der Waals surface area contributed by atoms with E-state index in [2.05, 4.69) is 5.32 Å². The molecule has 0 fully saturated rings. The molecular formula is C23H22FNO4S. The van der Waals surface area contributed by atoms with Gasteiger partial charge < -0.3 is 14.8 Å². The standard InChI is InChI=1S/C23H22FNO4S/c1-3-12-29-18-10-8-15(9-11-18)19-14-30-22(20(19)23(27)28-4-2)25-21(26)16-6-5-7-17(24)13-16/h5-11,13-14H,3-4,12H2,1-2H3,(H,25,26). The molecule has 0 bridgehead atoms. The first kappa shape index (κ1) is 21.5. The lowest BCUT2D eigenvalue weighted by Crippen LogP contribution is -2.15. The van der Waals surface area contributed by atoms with Crippen LogP contribution in [-0.4, -0.2) is 25.1 Å². The monoisotopic (exact) mass is 427 g/mol. The molecule has 0 spiro atoms. The molecule has 0 saturated heterocycles. The summed E-state index contributed by atoms with van der Waals surface area (Å²) in [5, 5.41) is 4.85. The van der Waals surface area contributed by atoms with Crippen LogP contribution in [0.4, 0.5) is 9.39 Å². The van der Waals surface area contributed by atoms with Crippen LogP contribution in [0.1, 0.15) is 41.0 Å². The van der Waals surface area contributed by atoms with Gasteiger partial charge in [-0.15, -0.1) is 11.3 Å². The number of rotatable bonds is 8. The fraction of sp³-hybridized carbons (Fsp3) is 0.217. The van der Waals surface area contributed by atoms with E-state index >= 15 is 0 Å². The Morgan fingerprint density at radius 3 is 2.53 bits per heavy atom. The van der Waals surface area contributed by atoms with E-state index < -0.39 is 17.7 Å².